The van der Waals surface area contributed by atoms with Crippen LogP contribution in [0, 0.1) is 6.92 Å². The van der Waals surface area contributed by atoms with Crippen molar-refractivity contribution in [1.82, 2.24) is 24.1 Å². The van der Waals surface area contributed by atoms with Crippen molar-refractivity contribution in [1.29, 1.82) is 0 Å². The van der Waals surface area contributed by atoms with E-state index in [4.69, 9.17) is 15.0 Å². The Hall–Kier alpha value is -6.85. The number of nitrogens with zero attached hydrogens (tertiary/aromatic N) is 5. The molecule has 0 amide bonds. The number of fused-ring (bicyclic) bond motifs is 6. The summed E-state index contributed by atoms with van der Waals surface area (Å²) in [6.07, 6.45) is 2.17. The molecule has 0 radical (unpaired) electrons. The number of hydrogen-bond acceptors (Lipinski definition) is 3. The molecular formula is C46H31N5. The van der Waals surface area contributed by atoms with Gasteiger partial charge in [-0.1, -0.05) is 109 Å². The average molecular weight is 654 g/mol. The van der Waals surface area contributed by atoms with Gasteiger partial charge in [0.15, 0.2) is 17.5 Å². The summed E-state index contributed by atoms with van der Waals surface area (Å²) in [5.74, 6) is 1.94. The van der Waals surface area contributed by atoms with Crippen LogP contribution in [0.1, 0.15) is 5.56 Å². The van der Waals surface area contributed by atoms with Gasteiger partial charge in [0.25, 0.3) is 0 Å². The van der Waals surface area contributed by atoms with E-state index in [1.54, 1.807) is 0 Å². The number of benzene rings is 7. The molecule has 51 heavy (non-hydrogen) atoms. The molecule has 0 N–H and O–H groups in total. The van der Waals surface area contributed by atoms with Crippen LogP contribution in [-0.4, -0.2) is 24.1 Å². The first-order valence-corrected chi connectivity index (χ1v) is 17.2. The molecule has 0 bridgehead atoms. The lowest BCUT2D eigenvalue weighted by Crippen LogP contribution is -2.01. The van der Waals surface area contributed by atoms with E-state index >= 15 is 0 Å². The molecule has 10 rings (SSSR count). The summed E-state index contributed by atoms with van der Waals surface area (Å²) < 4.78 is 4.68. The quantitative estimate of drug-likeness (QED) is 0.186. The van der Waals surface area contributed by atoms with Gasteiger partial charge in [-0.15, -0.1) is 0 Å². The van der Waals surface area contributed by atoms with Gasteiger partial charge in [-0.2, -0.15) is 0 Å². The Labute approximate surface area is 294 Å². The summed E-state index contributed by atoms with van der Waals surface area (Å²) in [5, 5.41) is 6.05. The minimum absolute atomic E-state index is 0.641. The maximum Gasteiger partial charge on any atom is 0.164 e. The molecule has 0 saturated heterocycles. The highest BCUT2D eigenvalue weighted by Gasteiger charge is 2.19. The Balaban J connectivity index is 1.22. The Bertz CT molecular complexity index is 2850. The summed E-state index contributed by atoms with van der Waals surface area (Å²) >= 11 is 0. The predicted molar refractivity (Wildman–Crippen MR) is 210 cm³/mol. The van der Waals surface area contributed by atoms with Gasteiger partial charge in [0, 0.05) is 55.8 Å². The molecule has 0 fully saturated rings. The molecule has 240 valence electrons. The highest BCUT2D eigenvalue weighted by Crippen LogP contribution is 2.39. The molecule has 0 aliphatic carbocycles. The fraction of sp³-hybridized carbons (Fsp3) is 0.0217. The molecule has 0 unspecified atom stereocenters. The molecule has 0 aliphatic heterocycles. The van der Waals surface area contributed by atoms with Crippen LogP contribution >= 0.6 is 0 Å². The summed E-state index contributed by atoms with van der Waals surface area (Å²) in [7, 11) is 0. The second-order valence-corrected chi connectivity index (χ2v) is 13.1. The number of para-hydroxylation sites is 2. The van der Waals surface area contributed by atoms with Crippen LogP contribution < -0.4 is 0 Å². The van der Waals surface area contributed by atoms with E-state index in [9.17, 15) is 0 Å². The van der Waals surface area contributed by atoms with Gasteiger partial charge < -0.3 is 9.13 Å². The zero-order valence-electron chi connectivity index (χ0n) is 27.9. The number of aromatic nitrogens is 5. The van der Waals surface area contributed by atoms with E-state index in [-0.39, 0.29) is 0 Å². The van der Waals surface area contributed by atoms with E-state index in [2.05, 4.69) is 125 Å². The Morgan fingerprint density at radius 3 is 1.75 bits per heavy atom. The summed E-state index contributed by atoms with van der Waals surface area (Å²) in [6.45, 7) is 2.15. The molecule has 0 aliphatic rings. The first kappa shape index (κ1) is 29.1. The van der Waals surface area contributed by atoms with Crippen LogP contribution in [0.4, 0.5) is 0 Å². The van der Waals surface area contributed by atoms with Gasteiger partial charge in [0.1, 0.15) is 0 Å². The highest BCUT2D eigenvalue weighted by molar-refractivity contribution is 6.20. The SMILES string of the molecule is Cc1cc(-c2nc(-c3ccccc3)nc(-c3ccccc3)n2)cc(-n2c3ccccc3c3ccc4cc5c(ccn5-c5ccccc5)cc4c32)c1. The van der Waals surface area contributed by atoms with Gasteiger partial charge in [-0.05, 0) is 72.5 Å². The number of aryl methyl sites for hydroxylation is 1. The van der Waals surface area contributed by atoms with E-state index in [0.717, 1.165) is 39.1 Å². The summed E-state index contributed by atoms with van der Waals surface area (Å²) in [4.78, 5) is 15.1. The molecule has 5 heteroatoms. The molecule has 7 aromatic carbocycles. The molecule has 0 spiro atoms. The van der Waals surface area contributed by atoms with Crippen molar-refractivity contribution in [3.63, 3.8) is 0 Å². The lowest BCUT2D eigenvalue weighted by atomic mass is 10.0. The minimum atomic E-state index is 0.641. The smallest absolute Gasteiger partial charge is 0.164 e. The van der Waals surface area contributed by atoms with Gasteiger partial charge in [0.05, 0.1) is 16.6 Å². The molecule has 3 heterocycles. The molecule has 3 aromatic heterocycles. The number of hydrogen-bond donors (Lipinski definition) is 0. The van der Waals surface area contributed by atoms with Crippen molar-refractivity contribution >= 4 is 43.5 Å². The van der Waals surface area contributed by atoms with E-state index < -0.39 is 0 Å². The van der Waals surface area contributed by atoms with Crippen LogP contribution in [0.3, 0.4) is 0 Å². The van der Waals surface area contributed by atoms with Crippen molar-refractivity contribution in [2.75, 3.05) is 0 Å². The summed E-state index contributed by atoms with van der Waals surface area (Å²) in [6, 6.07) is 57.6. The third-order valence-electron chi connectivity index (χ3n) is 9.77. The Kier molecular flexibility index (Phi) is 6.64. The Morgan fingerprint density at radius 2 is 1.04 bits per heavy atom. The molecular weight excluding hydrogens is 623 g/mol. The maximum absolute atomic E-state index is 5.07. The third-order valence-corrected chi connectivity index (χ3v) is 9.77. The van der Waals surface area contributed by atoms with Gasteiger partial charge >= 0.3 is 0 Å². The maximum atomic E-state index is 5.07. The average Bonchev–Trinajstić information content (AvgIpc) is 3.77. The van der Waals surface area contributed by atoms with E-state index in [0.29, 0.717) is 17.5 Å². The first-order chi connectivity index (χ1) is 25.2. The fourth-order valence-corrected chi connectivity index (χ4v) is 7.45. The van der Waals surface area contributed by atoms with Crippen LogP contribution in [-0.2, 0) is 0 Å². The van der Waals surface area contributed by atoms with Crippen molar-refractivity contribution in [3.05, 3.63) is 176 Å². The second kappa shape index (κ2) is 11.6. The molecule has 0 atom stereocenters. The van der Waals surface area contributed by atoms with E-state index in [1.807, 2.05) is 60.7 Å². The van der Waals surface area contributed by atoms with Crippen LogP contribution in [0.25, 0.3) is 89.0 Å². The topological polar surface area (TPSA) is 48.5 Å². The van der Waals surface area contributed by atoms with Crippen molar-refractivity contribution < 1.29 is 0 Å². The third kappa shape index (κ3) is 4.90. The zero-order valence-corrected chi connectivity index (χ0v) is 27.9. The van der Waals surface area contributed by atoms with Gasteiger partial charge in [-0.25, -0.2) is 15.0 Å². The molecule has 0 saturated carbocycles. The van der Waals surface area contributed by atoms with E-state index in [1.165, 1.54) is 38.0 Å². The Morgan fingerprint density at radius 1 is 0.412 bits per heavy atom. The molecule has 10 aromatic rings. The zero-order chi connectivity index (χ0) is 33.9. The summed E-state index contributed by atoms with van der Waals surface area (Å²) in [5.41, 5.74) is 9.71. The van der Waals surface area contributed by atoms with Crippen LogP contribution in [0.5, 0.6) is 0 Å². The second-order valence-electron chi connectivity index (χ2n) is 13.1. The molecule has 5 nitrogen and oxygen atoms in total. The van der Waals surface area contributed by atoms with Crippen LogP contribution in [0.15, 0.2) is 170 Å². The minimum Gasteiger partial charge on any atom is -0.317 e. The standard InChI is InChI=1S/C46H31N5/c1-30-25-35(46-48-44(31-13-5-2-6-14-31)47-45(49-46)32-15-7-3-8-16-32)27-37(26-30)51-41-20-12-11-19-38(41)39-22-21-33-29-42-34(28-40(33)43(39)51)23-24-50(42)36-17-9-4-10-18-36/h2-29H,1H3. The lowest BCUT2D eigenvalue weighted by Gasteiger charge is -2.14. The van der Waals surface area contributed by atoms with Gasteiger partial charge in [-0.3, -0.25) is 0 Å². The van der Waals surface area contributed by atoms with Crippen molar-refractivity contribution in [2.24, 2.45) is 0 Å². The highest BCUT2D eigenvalue weighted by atomic mass is 15.0. The normalized spacial score (nSPS) is 11.6. The number of rotatable bonds is 5. The fourth-order valence-electron chi connectivity index (χ4n) is 7.45. The van der Waals surface area contributed by atoms with Crippen molar-refractivity contribution in [2.45, 2.75) is 6.92 Å². The monoisotopic (exact) mass is 653 g/mol. The predicted octanol–water partition coefficient (Wildman–Crippen LogP) is 11.4. The first-order valence-electron chi connectivity index (χ1n) is 17.2. The van der Waals surface area contributed by atoms with Gasteiger partial charge in [0.2, 0.25) is 0 Å². The van der Waals surface area contributed by atoms with Crippen molar-refractivity contribution in [3.8, 4) is 45.5 Å². The largest absolute Gasteiger partial charge is 0.317 e. The van der Waals surface area contributed by atoms with Crippen LogP contribution in [0.2, 0.25) is 0 Å². The lowest BCUT2D eigenvalue weighted by molar-refractivity contribution is 1.07.